The van der Waals surface area contributed by atoms with Crippen molar-refractivity contribution in [2.75, 3.05) is 12.9 Å². The number of aliphatic hydroxyl groups is 1. The highest BCUT2D eigenvalue weighted by molar-refractivity contribution is 7.99. The van der Waals surface area contributed by atoms with E-state index in [4.69, 9.17) is 5.11 Å². The Labute approximate surface area is 106 Å². The number of nitrogens with zero attached hydrogens (tertiary/aromatic N) is 2. The summed E-state index contributed by atoms with van der Waals surface area (Å²) in [5.74, 6) is -0.143. The molecule has 0 saturated carbocycles. The van der Waals surface area contributed by atoms with E-state index in [0.29, 0.717) is 5.56 Å². The summed E-state index contributed by atoms with van der Waals surface area (Å²) in [6, 6.07) is -0.0814. The fourth-order valence-corrected chi connectivity index (χ4v) is 2.16. The molecule has 0 fully saturated rings. The van der Waals surface area contributed by atoms with Crippen molar-refractivity contribution in [1.29, 1.82) is 0 Å². The summed E-state index contributed by atoms with van der Waals surface area (Å²) in [7, 11) is 1.80. The minimum atomic E-state index is -0.143. The number of aliphatic hydroxyl groups excluding tert-OH is 1. The molecule has 0 bridgehead atoms. The Morgan fingerprint density at radius 1 is 1.71 bits per heavy atom. The van der Waals surface area contributed by atoms with Crippen LogP contribution >= 0.6 is 11.8 Å². The van der Waals surface area contributed by atoms with Gasteiger partial charge in [-0.15, -0.1) is 0 Å². The molecule has 1 aromatic heterocycles. The maximum absolute atomic E-state index is 12.0. The number of nitrogens with one attached hydrogen (secondary N) is 1. The summed E-state index contributed by atoms with van der Waals surface area (Å²) < 4.78 is 1.66. The van der Waals surface area contributed by atoms with Gasteiger partial charge in [-0.3, -0.25) is 9.48 Å². The van der Waals surface area contributed by atoms with Gasteiger partial charge in [0.2, 0.25) is 0 Å². The maximum atomic E-state index is 12.0. The van der Waals surface area contributed by atoms with Crippen LogP contribution in [-0.4, -0.2) is 44.9 Å². The number of thioether (sulfide) groups is 1. The first-order chi connectivity index (χ1) is 8.01. The third-order valence-electron chi connectivity index (χ3n) is 2.88. The van der Waals surface area contributed by atoms with Gasteiger partial charge in [-0.2, -0.15) is 16.9 Å². The van der Waals surface area contributed by atoms with Crippen LogP contribution < -0.4 is 5.32 Å². The second-order valence-electron chi connectivity index (χ2n) is 3.99. The zero-order valence-electron chi connectivity index (χ0n) is 10.6. The molecular weight excluding hydrogens is 238 g/mol. The highest BCUT2D eigenvalue weighted by atomic mass is 32.2. The van der Waals surface area contributed by atoms with E-state index < -0.39 is 0 Å². The smallest absolute Gasteiger partial charge is 0.254 e. The van der Waals surface area contributed by atoms with E-state index >= 15 is 0 Å². The lowest BCUT2D eigenvalue weighted by molar-refractivity contribution is 0.0935. The average molecular weight is 257 g/mol. The summed E-state index contributed by atoms with van der Waals surface area (Å²) in [5.41, 5.74) is 1.41. The molecule has 96 valence electrons. The molecule has 0 saturated heterocycles. The fraction of sp³-hybridized carbons (Fsp3) is 0.636. The lowest BCUT2D eigenvalue weighted by Gasteiger charge is -2.21. The van der Waals surface area contributed by atoms with E-state index in [0.717, 1.165) is 5.69 Å². The van der Waals surface area contributed by atoms with Gasteiger partial charge in [0.1, 0.15) is 0 Å². The zero-order valence-corrected chi connectivity index (χ0v) is 11.4. The topological polar surface area (TPSA) is 67.2 Å². The van der Waals surface area contributed by atoms with Gasteiger partial charge in [0.05, 0.1) is 18.4 Å². The largest absolute Gasteiger partial charge is 0.395 e. The van der Waals surface area contributed by atoms with Crippen LogP contribution in [-0.2, 0) is 7.05 Å². The molecule has 0 spiro atoms. The molecule has 2 N–H and O–H groups in total. The SMILES string of the molecule is CSC(CO)C(C)NC(=O)c1cnn(C)c1C. The zero-order chi connectivity index (χ0) is 13.0. The van der Waals surface area contributed by atoms with Crippen molar-refractivity contribution < 1.29 is 9.90 Å². The molecule has 2 unspecified atom stereocenters. The molecule has 0 aliphatic carbocycles. The first kappa shape index (κ1) is 14.1. The van der Waals surface area contributed by atoms with E-state index in [1.54, 1.807) is 17.9 Å². The molecule has 5 nitrogen and oxygen atoms in total. The Morgan fingerprint density at radius 3 is 2.76 bits per heavy atom. The second kappa shape index (κ2) is 6.07. The Balaban J connectivity index is 2.69. The number of aryl methyl sites for hydroxylation is 1. The minimum Gasteiger partial charge on any atom is -0.395 e. The van der Waals surface area contributed by atoms with Crippen molar-refractivity contribution in [2.24, 2.45) is 7.05 Å². The van der Waals surface area contributed by atoms with E-state index in [1.807, 2.05) is 20.1 Å². The summed E-state index contributed by atoms with van der Waals surface area (Å²) in [5, 5.41) is 16.1. The Morgan fingerprint density at radius 2 is 2.35 bits per heavy atom. The lowest BCUT2D eigenvalue weighted by atomic mass is 10.2. The van der Waals surface area contributed by atoms with E-state index in [-0.39, 0.29) is 23.8 Å². The average Bonchev–Trinajstić information content (AvgIpc) is 2.61. The van der Waals surface area contributed by atoms with Gasteiger partial charge in [-0.25, -0.2) is 0 Å². The molecule has 6 heteroatoms. The molecule has 0 aliphatic rings. The summed E-state index contributed by atoms with van der Waals surface area (Å²) in [4.78, 5) is 12.0. The number of amides is 1. The number of hydrogen-bond acceptors (Lipinski definition) is 4. The molecule has 1 aromatic rings. The van der Waals surface area contributed by atoms with Gasteiger partial charge in [-0.1, -0.05) is 0 Å². The number of carbonyl (C=O) groups excluding carboxylic acids is 1. The predicted octanol–water partition coefficient (Wildman–Crippen LogP) is 0.571. The first-order valence-corrected chi connectivity index (χ1v) is 6.73. The minimum absolute atomic E-state index is 0.0101. The Kier molecular flexibility index (Phi) is 5.02. The standard InChI is InChI=1S/C11H19N3O2S/c1-7(10(6-15)17-4)13-11(16)9-5-12-14(3)8(9)2/h5,7,10,15H,6H2,1-4H3,(H,13,16). The highest BCUT2D eigenvalue weighted by Gasteiger charge is 2.20. The van der Waals surface area contributed by atoms with Gasteiger partial charge in [0, 0.05) is 24.0 Å². The van der Waals surface area contributed by atoms with Crippen LogP contribution in [0, 0.1) is 6.92 Å². The molecule has 0 aromatic carbocycles. The van der Waals surface area contributed by atoms with Crippen molar-refractivity contribution in [2.45, 2.75) is 25.1 Å². The van der Waals surface area contributed by atoms with Crippen LogP contribution in [0.2, 0.25) is 0 Å². The van der Waals surface area contributed by atoms with Crippen LogP contribution in [0.15, 0.2) is 6.20 Å². The lowest BCUT2D eigenvalue weighted by Crippen LogP contribution is -2.41. The number of aromatic nitrogens is 2. The monoisotopic (exact) mass is 257 g/mol. The normalized spacial score (nSPS) is 14.4. The van der Waals surface area contributed by atoms with Gasteiger partial charge in [-0.05, 0) is 20.1 Å². The molecular formula is C11H19N3O2S. The maximum Gasteiger partial charge on any atom is 0.254 e. The number of rotatable bonds is 5. The van der Waals surface area contributed by atoms with Gasteiger partial charge in [0.25, 0.3) is 5.91 Å². The van der Waals surface area contributed by atoms with Crippen LogP contribution in [0.5, 0.6) is 0 Å². The third-order valence-corrected chi connectivity index (χ3v) is 4.04. The molecule has 17 heavy (non-hydrogen) atoms. The van der Waals surface area contributed by atoms with E-state index in [1.165, 1.54) is 11.8 Å². The molecule has 1 amide bonds. The van der Waals surface area contributed by atoms with Crippen molar-refractivity contribution in [3.63, 3.8) is 0 Å². The molecule has 1 rings (SSSR count). The highest BCUT2D eigenvalue weighted by Crippen LogP contribution is 2.12. The summed E-state index contributed by atoms with van der Waals surface area (Å²) in [6.45, 7) is 3.79. The van der Waals surface area contributed by atoms with Crippen molar-refractivity contribution in [1.82, 2.24) is 15.1 Å². The van der Waals surface area contributed by atoms with Crippen molar-refractivity contribution in [3.8, 4) is 0 Å². The van der Waals surface area contributed by atoms with Crippen molar-refractivity contribution >= 4 is 17.7 Å². The molecule has 0 radical (unpaired) electrons. The van der Waals surface area contributed by atoms with Gasteiger partial charge < -0.3 is 10.4 Å². The quantitative estimate of drug-likeness (QED) is 0.809. The van der Waals surface area contributed by atoms with Crippen LogP contribution in [0.1, 0.15) is 23.0 Å². The van der Waals surface area contributed by atoms with E-state index in [2.05, 4.69) is 10.4 Å². The predicted molar refractivity (Wildman–Crippen MR) is 69.3 cm³/mol. The summed E-state index contributed by atoms with van der Waals surface area (Å²) in [6.07, 6.45) is 3.48. The van der Waals surface area contributed by atoms with E-state index in [9.17, 15) is 4.79 Å². The fourth-order valence-electron chi connectivity index (χ4n) is 1.54. The molecule has 0 aliphatic heterocycles. The number of hydrogen-bond donors (Lipinski definition) is 2. The molecule has 2 atom stereocenters. The van der Waals surface area contributed by atoms with Gasteiger partial charge >= 0.3 is 0 Å². The van der Waals surface area contributed by atoms with Crippen LogP contribution in [0.25, 0.3) is 0 Å². The van der Waals surface area contributed by atoms with Crippen LogP contribution in [0.4, 0.5) is 0 Å². The second-order valence-corrected chi connectivity index (χ2v) is 5.06. The van der Waals surface area contributed by atoms with Crippen molar-refractivity contribution in [3.05, 3.63) is 17.5 Å². The summed E-state index contributed by atoms with van der Waals surface area (Å²) >= 11 is 1.54. The third kappa shape index (κ3) is 3.23. The number of carbonyl (C=O) groups is 1. The molecule has 1 heterocycles. The Hall–Kier alpha value is -1.01. The Bertz CT molecular complexity index is 388. The van der Waals surface area contributed by atoms with Crippen LogP contribution in [0.3, 0.4) is 0 Å². The first-order valence-electron chi connectivity index (χ1n) is 5.44. The van der Waals surface area contributed by atoms with Gasteiger partial charge in [0.15, 0.2) is 0 Å².